The molecule has 0 fully saturated rings. The monoisotopic (exact) mass is 252 g/mol. The highest BCUT2D eigenvalue weighted by molar-refractivity contribution is 5.79. The predicted octanol–water partition coefficient (Wildman–Crippen LogP) is 1.69. The van der Waals surface area contributed by atoms with Crippen molar-refractivity contribution in [2.45, 2.75) is 0 Å². The minimum atomic E-state index is -0.338. The maximum absolute atomic E-state index is 12.3. The normalized spacial score (nSPS) is 10.8. The van der Waals surface area contributed by atoms with E-state index >= 15 is 0 Å². The van der Waals surface area contributed by atoms with Gasteiger partial charge in [0.1, 0.15) is 0 Å². The molecule has 1 heterocycles. The number of fused-ring (bicyclic) bond motifs is 1. The molecule has 0 aliphatic rings. The summed E-state index contributed by atoms with van der Waals surface area (Å²) >= 11 is 0. The molecule has 0 saturated carbocycles. The van der Waals surface area contributed by atoms with Crippen LogP contribution >= 0.6 is 0 Å². The zero-order valence-electron chi connectivity index (χ0n) is 10.4. The first-order chi connectivity index (χ1) is 9.20. The average Bonchev–Trinajstić information content (AvgIpc) is 2.46. The van der Waals surface area contributed by atoms with E-state index in [1.807, 2.05) is 36.4 Å². The molecule has 0 bridgehead atoms. The molecule has 0 aliphatic heterocycles. The van der Waals surface area contributed by atoms with Gasteiger partial charge in [0.05, 0.1) is 16.6 Å². The molecule has 0 aliphatic carbocycles. The lowest BCUT2D eigenvalue weighted by atomic mass is 10.2. The Balaban J connectivity index is 2.56. The van der Waals surface area contributed by atoms with Gasteiger partial charge in [-0.25, -0.2) is 4.79 Å². The first-order valence-corrected chi connectivity index (χ1v) is 5.96. The van der Waals surface area contributed by atoms with Crippen LogP contribution in [0.2, 0.25) is 0 Å². The fourth-order valence-electron chi connectivity index (χ4n) is 2.20. The molecule has 0 unspecified atom stereocenters. The summed E-state index contributed by atoms with van der Waals surface area (Å²) < 4.78 is 2.69. The van der Waals surface area contributed by atoms with Crippen molar-refractivity contribution in [3.8, 4) is 5.69 Å². The summed E-state index contributed by atoms with van der Waals surface area (Å²) in [6, 6.07) is 16.4. The molecule has 0 N–H and O–H groups in total. The lowest BCUT2D eigenvalue weighted by Crippen LogP contribution is -2.37. The van der Waals surface area contributed by atoms with Crippen LogP contribution in [0.15, 0.2) is 64.2 Å². The minimum Gasteiger partial charge on any atom is -0.268 e. The summed E-state index contributed by atoms with van der Waals surface area (Å²) in [6.45, 7) is 0. The standard InChI is InChI=1S/C15H12N2O2/c1-16-14(18)12-9-5-6-10-13(12)17(15(16)19)11-7-3-2-4-8-11/h2-10H,1H3. The lowest BCUT2D eigenvalue weighted by molar-refractivity contribution is 0.752. The Bertz CT molecular complexity index is 861. The number of aromatic nitrogens is 2. The van der Waals surface area contributed by atoms with Crippen molar-refractivity contribution in [2.75, 3.05) is 0 Å². The largest absolute Gasteiger partial charge is 0.335 e. The summed E-state index contributed by atoms with van der Waals surface area (Å²) in [5.74, 6) is 0. The molecule has 3 rings (SSSR count). The van der Waals surface area contributed by atoms with Crippen LogP contribution < -0.4 is 11.2 Å². The Morgan fingerprint density at radius 1 is 0.842 bits per heavy atom. The van der Waals surface area contributed by atoms with Crippen LogP contribution in [0.3, 0.4) is 0 Å². The molecule has 3 aromatic rings. The van der Waals surface area contributed by atoms with E-state index in [9.17, 15) is 9.59 Å². The second-order valence-electron chi connectivity index (χ2n) is 4.33. The van der Waals surface area contributed by atoms with Gasteiger partial charge in [-0.1, -0.05) is 30.3 Å². The molecule has 0 spiro atoms. The first kappa shape index (κ1) is 11.5. The van der Waals surface area contributed by atoms with Crippen molar-refractivity contribution in [1.29, 1.82) is 0 Å². The van der Waals surface area contributed by atoms with Gasteiger partial charge >= 0.3 is 5.69 Å². The van der Waals surface area contributed by atoms with Crippen LogP contribution in [0.25, 0.3) is 16.6 Å². The SMILES string of the molecule is Cn1c(=O)c2ccccc2n(-c2ccccc2)c1=O. The Labute approximate surface area is 109 Å². The van der Waals surface area contributed by atoms with Crippen LogP contribution in [-0.4, -0.2) is 9.13 Å². The molecule has 19 heavy (non-hydrogen) atoms. The van der Waals surface area contributed by atoms with E-state index in [1.165, 1.54) is 7.05 Å². The number of benzene rings is 2. The molecule has 4 nitrogen and oxygen atoms in total. The number of para-hydroxylation sites is 2. The highest BCUT2D eigenvalue weighted by Crippen LogP contribution is 2.12. The van der Waals surface area contributed by atoms with E-state index in [2.05, 4.69) is 0 Å². The van der Waals surface area contributed by atoms with Crippen LogP contribution in [0.4, 0.5) is 0 Å². The molecule has 0 radical (unpaired) electrons. The van der Waals surface area contributed by atoms with E-state index in [1.54, 1.807) is 22.8 Å². The molecule has 0 amide bonds. The third-order valence-corrected chi connectivity index (χ3v) is 3.17. The van der Waals surface area contributed by atoms with Crippen LogP contribution in [0, 0.1) is 0 Å². The first-order valence-electron chi connectivity index (χ1n) is 5.96. The van der Waals surface area contributed by atoms with Gasteiger partial charge in [-0.3, -0.25) is 13.9 Å². The minimum absolute atomic E-state index is 0.271. The van der Waals surface area contributed by atoms with Gasteiger partial charge in [-0.05, 0) is 24.3 Å². The van der Waals surface area contributed by atoms with Crippen molar-refractivity contribution >= 4 is 10.9 Å². The number of hydrogen-bond acceptors (Lipinski definition) is 2. The fraction of sp³-hybridized carbons (Fsp3) is 0.0667. The molecule has 2 aromatic carbocycles. The molecule has 0 saturated heterocycles. The van der Waals surface area contributed by atoms with E-state index in [4.69, 9.17) is 0 Å². The third kappa shape index (κ3) is 1.69. The zero-order chi connectivity index (χ0) is 13.4. The predicted molar refractivity (Wildman–Crippen MR) is 74.8 cm³/mol. The van der Waals surface area contributed by atoms with Crippen molar-refractivity contribution in [2.24, 2.45) is 7.05 Å². The van der Waals surface area contributed by atoms with Crippen molar-refractivity contribution < 1.29 is 0 Å². The molecule has 1 aromatic heterocycles. The summed E-state index contributed by atoms with van der Waals surface area (Å²) in [6.07, 6.45) is 0. The Hall–Kier alpha value is -2.62. The van der Waals surface area contributed by atoms with Crippen LogP contribution in [0.5, 0.6) is 0 Å². The number of nitrogens with zero attached hydrogens (tertiary/aromatic N) is 2. The van der Waals surface area contributed by atoms with Crippen molar-refractivity contribution in [1.82, 2.24) is 9.13 Å². The average molecular weight is 252 g/mol. The summed E-state index contributed by atoms with van der Waals surface area (Å²) in [7, 11) is 1.50. The fourth-order valence-corrected chi connectivity index (χ4v) is 2.20. The summed E-state index contributed by atoms with van der Waals surface area (Å²) in [5, 5.41) is 0.536. The highest BCUT2D eigenvalue weighted by atomic mass is 16.2. The van der Waals surface area contributed by atoms with Gasteiger partial charge in [0, 0.05) is 7.05 Å². The van der Waals surface area contributed by atoms with E-state index in [0.717, 1.165) is 10.3 Å². The van der Waals surface area contributed by atoms with Crippen molar-refractivity contribution in [3.05, 3.63) is 75.4 Å². The smallest absolute Gasteiger partial charge is 0.268 e. The summed E-state index contributed by atoms with van der Waals surface area (Å²) in [5.41, 5.74) is 0.767. The van der Waals surface area contributed by atoms with Gasteiger partial charge < -0.3 is 0 Å². The molecule has 0 atom stereocenters. The van der Waals surface area contributed by atoms with Gasteiger partial charge in [-0.15, -0.1) is 0 Å². The van der Waals surface area contributed by atoms with Crippen LogP contribution in [-0.2, 0) is 7.05 Å². The third-order valence-electron chi connectivity index (χ3n) is 3.17. The topological polar surface area (TPSA) is 44.0 Å². The quantitative estimate of drug-likeness (QED) is 0.661. The molecule has 94 valence electrons. The van der Waals surface area contributed by atoms with Gasteiger partial charge in [-0.2, -0.15) is 0 Å². The zero-order valence-corrected chi connectivity index (χ0v) is 10.4. The summed E-state index contributed by atoms with van der Waals surface area (Å²) in [4.78, 5) is 24.4. The van der Waals surface area contributed by atoms with E-state index in [-0.39, 0.29) is 11.2 Å². The number of rotatable bonds is 1. The molecular weight excluding hydrogens is 240 g/mol. The second kappa shape index (κ2) is 4.24. The highest BCUT2D eigenvalue weighted by Gasteiger charge is 2.10. The maximum Gasteiger partial charge on any atom is 0.335 e. The Kier molecular flexibility index (Phi) is 2.56. The van der Waals surface area contributed by atoms with E-state index in [0.29, 0.717) is 10.9 Å². The number of hydrogen-bond donors (Lipinski definition) is 0. The van der Waals surface area contributed by atoms with Gasteiger partial charge in [0.15, 0.2) is 0 Å². The molecular formula is C15H12N2O2. The Morgan fingerprint density at radius 3 is 2.21 bits per heavy atom. The second-order valence-corrected chi connectivity index (χ2v) is 4.33. The van der Waals surface area contributed by atoms with Crippen LogP contribution in [0.1, 0.15) is 0 Å². The van der Waals surface area contributed by atoms with E-state index < -0.39 is 0 Å². The molecule has 4 heteroatoms. The maximum atomic E-state index is 12.3. The van der Waals surface area contributed by atoms with Gasteiger partial charge in [0.25, 0.3) is 5.56 Å². The lowest BCUT2D eigenvalue weighted by Gasteiger charge is -2.11. The van der Waals surface area contributed by atoms with Crippen molar-refractivity contribution in [3.63, 3.8) is 0 Å². The Morgan fingerprint density at radius 2 is 1.47 bits per heavy atom. The van der Waals surface area contributed by atoms with Gasteiger partial charge in [0.2, 0.25) is 0 Å².